The lowest BCUT2D eigenvalue weighted by atomic mass is 10.1. The zero-order valence-corrected chi connectivity index (χ0v) is 9.82. The summed E-state index contributed by atoms with van der Waals surface area (Å²) in [6, 6.07) is 0. The molecule has 1 aliphatic heterocycles. The quantitative estimate of drug-likeness (QED) is 0.728. The zero-order chi connectivity index (χ0) is 13.9. The third kappa shape index (κ3) is 4.91. The van der Waals surface area contributed by atoms with E-state index in [1.165, 1.54) is 0 Å². The highest BCUT2D eigenvalue weighted by molar-refractivity contribution is 5.67. The van der Waals surface area contributed by atoms with Gasteiger partial charge < -0.3 is 14.2 Å². The topological polar surface area (TPSA) is 61.8 Å². The van der Waals surface area contributed by atoms with Crippen molar-refractivity contribution in [3.05, 3.63) is 0 Å². The highest BCUT2D eigenvalue weighted by Crippen LogP contribution is 2.32. The molecule has 0 aromatic heterocycles. The molecule has 0 amide bonds. The smallest absolute Gasteiger partial charge is 0.391 e. The summed E-state index contributed by atoms with van der Waals surface area (Å²) in [5, 5.41) is 0. The number of hydrogen-bond donors (Lipinski definition) is 0. The SMILES string of the molecule is CC(=O)O[C@@H]1OC(CC(F)(F)F)C[C@H]1OC(C)=O. The second-order valence-corrected chi connectivity index (χ2v) is 3.94. The standard InChI is InChI=1S/C10H13F3O5/c1-5(14)16-8-3-7(4-10(11,12)13)18-9(8)17-6(2)15/h7-9H,3-4H2,1-2H3/t7?,8-,9-/m1/s1. The number of rotatable bonds is 3. The first kappa shape index (κ1) is 14.7. The van der Waals surface area contributed by atoms with E-state index in [1.807, 2.05) is 0 Å². The highest BCUT2D eigenvalue weighted by atomic mass is 19.4. The van der Waals surface area contributed by atoms with Crippen LogP contribution < -0.4 is 0 Å². The summed E-state index contributed by atoms with van der Waals surface area (Å²) in [5.41, 5.74) is 0. The molecule has 1 saturated heterocycles. The Kier molecular flexibility index (Phi) is 4.55. The Morgan fingerprint density at radius 2 is 1.78 bits per heavy atom. The van der Waals surface area contributed by atoms with Crippen molar-refractivity contribution in [2.24, 2.45) is 0 Å². The van der Waals surface area contributed by atoms with E-state index >= 15 is 0 Å². The maximum absolute atomic E-state index is 12.2. The first-order chi connectivity index (χ1) is 8.17. The van der Waals surface area contributed by atoms with Crippen LogP contribution in [-0.4, -0.2) is 36.6 Å². The van der Waals surface area contributed by atoms with Crippen LogP contribution >= 0.6 is 0 Å². The summed E-state index contributed by atoms with van der Waals surface area (Å²) in [7, 11) is 0. The number of hydrogen-bond acceptors (Lipinski definition) is 5. The molecular weight excluding hydrogens is 257 g/mol. The molecule has 1 rings (SSSR count). The van der Waals surface area contributed by atoms with Crippen molar-refractivity contribution in [3.8, 4) is 0 Å². The van der Waals surface area contributed by atoms with Crippen molar-refractivity contribution in [3.63, 3.8) is 0 Å². The van der Waals surface area contributed by atoms with Gasteiger partial charge in [0.25, 0.3) is 0 Å². The van der Waals surface area contributed by atoms with Gasteiger partial charge in [-0.15, -0.1) is 0 Å². The van der Waals surface area contributed by atoms with Crippen LogP contribution in [0, 0.1) is 0 Å². The van der Waals surface area contributed by atoms with Gasteiger partial charge in [0.2, 0.25) is 6.29 Å². The predicted molar refractivity (Wildman–Crippen MR) is 51.3 cm³/mol. The van der Waals surface area contributed by atoms with Crippen LogP contribution in [-0.2, 0) is 23.8 Å². The molecule has 0 spiro atoms. The van der Waals surface area contributed by atoms with Gasteiger partial charge in [-0.1, -0.05) is 0 Å². The lowest BCUT2D eigenvalue weighted by molar-refractivity contribution is -0.204. The van der Waals surface area contributed by atoms with E-state index in [1.54, 1.807) is 0 Å². The molecule has 5 nitrogen and oxygen atoms in total. The summed E-state index contributed by atoms with van der Waals surface area (Å²) in [6.07, 6.45) is -9.19. The van der Waals surface area contributed by atoms with Crippen molar-refractivity contribution < 1.29 is 37.0 Å². The average molecular weight is 270 g/mol. The van der Waals surface area contributed by atoms with Crippen LogP contribution in [0.5, 0.6) is 0 Å². The van der Waals surface area contributed by atoms with Gasteiger partial charge in [-0.3, -0.25) is 9.59 Å². The Bertz CT molecular complexity index is 304. The van der Waals surface area contributed by atoms with E-state index in [2.05, 4.69) is 4.74 Å². The fourth-order valence-corrected chi connectivity index (χ4v) is 1.68. The van der Waals surface area contributed by atoms with Crippen LogP contribution in [0.3, 0.4) is 0 Å². The molecule has 0 radical (unpaired) electrons. The van der Waals surface area contributed by atoms with Crippen molar-refractivity contribution >= 4 is 11.9 Å². The van der Waals surface area contributed by atoms with Crippen molar-refractivity contribution in [2.45, 2.75) is 51.4 Å². The number of ether oxygens (including phenoxy) is 3. The number of carbonyl (C=O) groups excluding carboxylic acids is 2. The minimum Gasteiger partial charge on any atom is -0.456 e. The number of halogens is 3. The third-order valence-corrected chi connectivity index (χ3v) is 2.18. The summed E-state index contributed by atoms with van der Waals surface area (Å²) >= 11 is 0. The van der Waals surface area contributed by atoms with Crippen LogP contribution in [0.1, 0.15) is 26.7 Å². The van der Waals surface area contributed by atoms with E-state index in [9.17, 15) is 22.8 Å². The summed E-state index contributed by atoms with van der Waals surface area (Å²) in [4.78, 5) is 21.5. The Morgan fingerprint density at radius 3 is 2.22 bits per heavy atom. The van der Waals surface area contributed by atoms with Gasteiger partial charge in [0.05, 0.1) is 12.5 Å². The van der Waals surface area contributed by atoms with Gasteiger partial charge in [-0.05, 0) is 0 Å². The van der Waals surface area contributed by atoms with Crippen molar-refractivity contribution in [1.82, 2.24) is 0 Å². The van der Waals surface area contributed by atoms with Crippen LogP contribution in [0.4, 0.5) is 13.2 Å². The van der Waals surface area contributed by atoms with E-state index in [0.717, 1.165) is 13.8 Å². The zero-order valence-electron chi connectivity index (χ0n) is 9.82. The van der Waals surface area contributed by atoms with Gasteiger partial charge in [0.15, 0.2) is 6.10 Å². The normalized spacial score (nSPS) is 27.9. The van der Waals surface area contributed by atoms with Crippen molar-refractivity contribution in [2.75, 3.05) is 0 Å². The molecule has 3 atom stereocenters. The molecule has 1 unspecified atom stereocenters. The fourth-order valence-electron chi connectivity index (χ4n) is 1.68. The molecule has 1 fully saturated rings. The Hall–Kier alpha value is -1.31. The van der Waals surface area contributed by atoms with Gasteiger partial charge >= 0.3 is 18.1 Å². The molecule has 0 aliphatic carbocycles. The Morgan fingerprint density at radius 1 is 1.22 bits per heavy atom. The molecule has 0 aromatic carbocycles. The number of esters is 2. The molecular formula is C10H13F3O5. The molecule has 0 aromatic rings. The van der Waals surface area contributed by atoms with Crippen LogP contribution in [0.15, 0.2) is 0 Å². The first-order valence-electron chi connectivity index (χ1n) is 5.24. The molecule has 0 saturated carbocycles. The summed E-state index contributed by atoms with van der Waals surface area (Å²) in [5.74, 6) is -1.39. The van der Waals surface area contributed by atoms with Gasteiger partial charge in [-0.25, -0.2) is 0 Å². The molecule has 8 heteroatoms. The van der Waals surface area contributed by atoms with Gasteiger partial charge in [-0.2, -0.15) is 13.2 Å². The Labute approximate surface area is 101 Å². The van der Waals surface area contributed by atoms with E-state index < -0.39 is 43.0 Å². The van der Waals surface area contributed by atoms with E-state index in [-0.39, 0.29) is 6.42 Å². The lowest BCUT2D eigenvalue weighted by Crippen LogP contribution is -2.30. The average Bonchev–Trinajstić information content (AvgIpc) is 2.41. The molecule has 104 valence electrons. The van der Waals surface area contributed by atoms with Crippen LogP contribution in [0.25, 0.3) is 0 Å². The summed E-state index contributed by atoms with van der Waals surface area (Å²) in [6.45, 7) is 2.20. The first-order valence-corrected chi connectivity index (χ1v) is 5.24. The predicted octanol–water partition coefficient (Wildman–Crippen LogP) is 1.55. The van der Waals surface area contributed by atoms with Gasteiger partial charge in [0.1, 0.15) is 0 Å². The molecule has 0 bridgehead atoms. The summed E-state index contributed by atoms with van der Waals surface area (Å²) < 4.78 is 50.9. The number of alkyl halides is 3. The third-order valence-electron chi connectivity index (χ3n) is 2.18. The second kappa shape index (κ2) is 5.55. The number of carbonyl (C=O) groups is 2. The fraction of sp³-hybridized carbons (Fsp3) is 0.800. The van der Waals surface area contributed by atoms with Crippen LogP contribution in [0.2, 0.25) is 0 Å². The maximum Gasteiger partial charge on any atom is 0.391 e. The minimum absolute atomic E-state index is 0.156. The molecule has 1 aliphatic rings. The lowest BCUT2D eigenvalue weighted by Gasteiger charge is -2.17. The highest BCUT2D eigenvalue weighted by Gasteiger charge is 2.44. The van der Waals surface area contributed by atoms with Crippen molar-refractivity contribution in [1.29, 1.82) is 0 Å². The van der Waals surface area contributed by atoms with E-state index in [0.29, 0.717) is 0 Å². The van der Waals surface area contributed by atoms with E-state index in [4.69, 9.17) is 9.47 Å². The molecule has 0 N–H and O–H groups in total. The molecule has 1 heterocycles. The second-order valence-electron chi connectivity index (χ2n) is 3.94. The minimum atomic E-state index is -4.39. The monoisotopic (exact) mass is 270 g/mol. The Balaban J connectivity index is 2.63. The molecule has 18 heavy (non-hydrogen) atoms. The maximum atomic E-state index is 12.2. The van der Waals surface area contributed by atoms with Gasteiger partial charge in [0, 0.05) is 20.3 Å². The largest absolute Gasteiger partial charge is 0.456 e.